The van der Waals surface area contributed by atoms with Crippen molar-refractivity contribution < 1.29 is 51.0 Å². The largest absolute Gasteiger partial charge is 4.00 e. The fourth-order valence-corrected chi connectivity index (χ4v) is 10.1. The van der Waals surface area contributed by atoms with Gasteiger partial charge in [-0.25, -0.2) is 0 Å². The van der Waals surface area contributed by atoms with Crippen LogP contribution in [0.3, 0.4) is 0 Å². The van der Waals surface area contributed by atoms with Gasteiger partial charge >= 0.3 is 26.2 Å². The van der Waals surface area contributed by atoms with E-state index in [0.29, 0.717) is 11.8 Å². The van der Waals surface area contributed by atoms with E-state index in [1.807, 2.05) is 0 Å². The minimum atomic E-state index is -1.99. The summed E-state index contributed by atoms with van der Waals surface area (Å²) in [7, 11) is -1.99. The summed E-state index contributed by atoms with van der Waals surface area (Å²) in [5, 5.41) is 9.38. The number of rotatable bonds is 6. The van der Waals surface area contributed by atoms with Gasteiger partial charge in [0.05, 0.1) is 0 Å². The summed E-state index contributed by atoms with van der Waals surface area (Å²) in [6.45, 7) is 19.3. The van der Waals surface area contributed by atoms with Crippen molar-refractivity contribution in [3.8, 4) is 0 Å². The third-order valence-corrected chi connectivity index (χ3v) is 10.9. The molecule has 0 amide bonds. The maximum absolute atomic E-state index is 2.62. The summed E-state index contributed by atoms with van der Waals surface area (Å²) in [5.74, 6) is 1.07. The Morgan fingerprint density at radius 2 is 1.03 bits per heavy atom. The van der Waals surface area contributed by atoms with Crippen LogP contribution in [0.2, 0.25) is 13.1 Å². The molecule has 4 aromatic rings. The molecule has 4 aromatic carbocycles. The van der Waals surface area contributed by atoms with Gasteiger partial charge in [-0.2, -0.15) is 10.4 Å². The second-order valence-corrected chi connectivity index (χ2v) is 14.6. The van der Waals surface area contributed by atoms with Gasteiger partial charge in [-0.05, 0) is 24.7 Å². The van der Waals surface area contributed by atoms with Gasteiger partial charge in [-0.15, -0.1) is 69.1 Å². The van der Waals surface area contributed by atoms with Gasteiger partial charge in [0.15, 0.2) is 0 Å². The molecule has 34 heavy (non-hydrogen) atoms. The monoisotopic (exact) mass is 586 g/mol. The Balaban J connectivity index is 0.00000193. The van der Waals surface area contributed by atoms with E-state index in [0.717, 1.165) is 12.8 Å². The predicted molar refractivity (Wildman–Crippen MR) is 143 cm³/mol. The van der Waals surface area contributed by atoms with Crippen LogP contribution in [0.1, 0.15) is 75.6 Å². The van der Waals surface area contributed by atoms with Crippen LogP contribution < -0.4 is 35.2 Å². The molecule has 0 aliphatic carbocycles. The van der Waals surface area contributed by atoms with E-state index in [1.165, 1.54) is 21.9 Å². The summed E-state index contributed by atoms with van der Waals surface area (Å²) in [4.78, 5) is 0. The van der Waals surface area contributed by atoms with Crippen LogP contribution in [0.15, 0.2) is 48.5 Å². The van der Waals surface area contributed by atoms with E-state index in [2.05, 4.69) is 103 Å². The van der Waals surface area contributed by atoms with Gasteiger partial charge < -0.3 is 24.8 Å². The van der Waals surface area contributed by atoms with Crippen molar-refractivity contribution in [2.45, 2.75) is 79.3 Å². The normalized spacial score (nSPS) is 11.6. The first kappa shape index (κ1) is 31.4. The molecule has 0 atom stereocenters. The molecule has 0 N–H and O–H groups in total. The molecule has 180 valence electrons. The van der Waals surface area contributed by atoms with Crippen LogP contribution in [-0.4, -0.2) is 8.07 Å². The van der Waals surface area contributed by atoms with E-state index in [1.54, 1.807) is 32.3 Å². The third-order valence-electron chi connectivity index (χ3n) is 7.32. The van der Waals surface area contributed by atoms with Crippen molar-refractivity contribution in [1.29, 1.82) is 0 Å². The van der Waals surface area contributed by atoms with Gasteiger partial charge in [0.25, 0.3) is 0 Å². The molecule has 0 heterocycles. The van der Waals surface area contributed by atoms with Crippen molar-refractivity contribution in [2.24, 2.45) is 0 Å². The molecule has 0 aliphatic rings. The van der Waals surface area contributed by atoms with Crippen LogP contribution in [0, 0.1) is 0 Å². The van der Waals surface area contributed by atoms with Crippen LogP contribution >= 0.6 is 0 Å². The molecule has 0 saturated heterocycles. The van der Waals surface area contributed by atoms with Gasteiger partial charge in [-0.3, -0.25) is 0 Å². The maximum Gasteiger partial charge on any atom is 4.00 e. The standard InChI is InChI=1S/C30H38Si.2ClH.Zr/c1-9-21-13-11-15-23-17-25(19(3)4)29(27(21)23)31(7,8)30-26(20(5)6)18-24-16-12-14-22(10-2)28(24)30;;;/h11-20H,9-10H2,1-8H3;2*1H;/q-2;;;+4/p-2. The SMILES string of the molecule is CCc1cccc2[cH-]c(C(C)C)c([Si](C)(C)c3c(C(C)C)[cH-]c4cccc(CC)c34)c12.[Cl-].[Cl-].[Zr+4]. The molecular weight excluding hydrogens is 551 g/mol. The van der Waals surface area contributed by atoms with Gasteiger partial charge in [0, 0.05) is 8.07 Å². The van der Waals surface area contributed by atoms with E-state index in [9.17, 15) is 0 Å². The first-order valence-electron chi connectivity index (χ1n) is 12.2. The second kappa shape index (κ2) is 12.1. The van der Waals surface area contributed by atoms with E-state index in [-0.39, 0.29) is 51.0 Å². The van der Waals surface area contributed by atoms with Crippen molar-refractivity contribution in [3.63, 3.8) is 0 Å². The Hall–Kier alpha value is -0.660. The van der Waals surface area contributed by atoms with E-state index in [4.69, 9.17) is 0 Å². The minimum absolute atomic E-state index is 0. The molecule has 0 fully saturated rings. The summed E-state index contributed by atoms with van der Waals surface area (Å²) >= 11 is 0. The molecule has 0 saturated carbocycles. The third kappa shape index (κ3) is 5.08. The Bertz CT molecular complexity index is 1150. The fraction of sp³-hybridized carbons (Fsp3) is 0.400. The summed E-state index contributed by atoms with van der Waals surface area (Å²) < 4.78 is 0. The van der Waals surface area contributed by atoms with Gasteiger partial charge in [0.2, 0.25) is 0 Å². The zero-order chi connectivity index (χ0) is 22.5. The van der Waals surface area contributed by atoms with E-state index >= 15 is 0 Å². The first-order chi connectivity index (χ1) is 14.7. The zero-order valence-electron chi connectivity index (χ0n) is 21.9. The molecule has 0 nitrogen and oxygen atoms in total. The zero-order valence-corrected chi connectivity index (χ0v) is 26.9. The number of fused-ring (bicyclic) bond motifs is 2. The second-order valence-electron chi connectivity index (χ2n) is 10.4. The van der Waals surface area contributed by atoms with E-state index < -0.39 is 8.07 Å². The Kier molecular flexibility index (Phi) is 11.1. The summed E-state index contributed by atoms with van der Waals surface area (Å²) in [6.07, 6.45) is 2.19. The van der Waals surface area contributed by atoms with Crippen LogP contribution in [-0.2, 0) is 39.0 Å². The Labute approximate surface area is 239 Å². The molecule has 4 rings (SSSR count). The predicted octanol–water partition coefficient (Wildman–Crippen LogP) is 1.63. The van der Waals surface area contributed by atoms with Crippen LogP contribution in [0.5, 0.6) is 0 Å². The molecule has 0 radical (unpaired) electrons. The summed E-state index contributed by atoms with van der Waals surface area (Å²) in [5.41, 5.74) is 6.17. The maximum atomic E-state index is 2.62. The topological polar surface area (TPSA) is 0 Å². The average molecular weight is 589 g/mol. The molecule has 0 aromatic heterocycles. The molecule has 0 bridgehead atoms. The van der Waals surface area contributed by atoms with Crippen LogP contribution in [0.4, 0.5) is 0 Å². The van der Waals surface area contributed by atoms with Crippen molar-refractivity contribution in [3.05, 3.63) is 70.8 Å². The van der Waals surface area contributed by atoms with Crippen molar-refractivity contribution in [2.75, 3.05) is 0 Å². The van der Waals surface area contributed by atoms with Gasteiger partial charge in [0.1, 0.15) is 0 Å². The molecule has 0 unspecified atom stereocenters. The van der Waals surface area contributed by atoms with Crippen molar-refractivity contribution in [1.82, 2.24) is 0 Å². The molecule has 4 heteroatoms. The van der Waals surface area contributed by atoms with Crippen molar-refractivity contribution >= 4 is 40.0 Å². The smallest absolute Gasteiger partial charge is 1.00 e. The fourth-order valence-electron chi connectivity index (χ4n) is 5.83. The number of hydrogen-bond donors (Lipinski definition) is 0. The van der Waals surface area contributed by atoms with Crippen LogP contribution in [0.25, 0.3) is 21.5 Å². The Morgan fingerprint density at radius 3 is 1.32 bits per heavy atom. The molecule has 0 aliphatic heterocycles. The number of halogens is 2. The summed E-state index contributed by atoms with van der Waals surface area (Å²) in [6, 6.07) is 18.9. The first-order valence-corrected chi connectivity index (χ1v) is 15.2. The number of aryl methyl sites for hydroxylation is 2. The molecule has 0 spiro atoms. The molecular formula is C30H38Cl2SiZr. The Morgan fingerprint density at radius 1 is 0.676 bits per heavy atom. The quantitative estimate of drug-likeness (QED) is 0.237. The van der Waals surface area contributed by atoms with Gasteiger partial charge in [-0.1, -0.05) is 77.9 Å². The number of benzene rings is 2. The minimum Gasteiger partial charge on any atom is -1.00 e. The number of hydrogen-bond acceptors (Lipinski definition) is 0. The average Bonchev–Trinajstić information content (AvgIpc) is 3.33.